The van der Waals surface area contributed by atoms with E-state index in [0.717, 1.165) is 0 Å². The van der Waals surface area contributed by atoms with E-state index in [1.165, 1.54) is 32.1 Å². The summed E-state index contributed by atoms with van der Waals surface area (Å²) in [5, 5.41) is 0. The van der Waals surface area contributed by atoms with Gasteiger partial charge in [-0.2, -0.15) is 0 Å². The Morgan fingerprint density at radius 2 is 1.90 bits per heavy atom. The zero-order valence-corrected chi connectivity index (χ0v) is 6.68. The van der Waals surface area contributed by atoms with Crippen LogP contribution in [0.3, 0.4) is 0 Å². The van der Waals surface area contributed by atoms with E-state index in [0.29, 0.717) is 6.10 Å². The second-order valence-electron chi connectivity index (χ2n) is 3.10. The van der Waals surface area contributed by atoms with Gasteiger partial charge in [0.1, 0.15) is 7.85 Å². The molecule has 0 aliphatic heterocycles. The molecule has 0 aromatic heterocycles. The van der Waals surface area contributed by atoms with Gasteiger partial charge in [0.25, 0.3) is 0 Å². The molecular weight excluding hydrogens is 123 g/mol. The summed E-state index contributed by atoms with van der Waals surface area (Å²) in [5.74, 6) is 0. The van der Waals surface area contributed by atoms with Crippen molar-refractivity contribution in [3.63, 3.8) is 0 Å². The molecule has 2 radical (unpaired) electrons. The first-order chi connectivity index (χ1) is 4.79. The molecule has 10 heavy (non-hydrogen) atoms. The van der Waals surface area contributed by atoms with E-state index < -0.39 is 0 Å². The highest BCUT2D eigenvalue weighted by molar-refractivity contribution is 6.10. The molecule has 0 spiro atoms. The van der Waals surface area contributed by atoms with E-state index in [1.54, 1.807) is 0 Å². The van der Waals surface area contributed by atoms with Gasteiger partial charge in [0, 0.05) is 6.00 Å². The van der Waals surface area contributed by atoms with Gasteiger partial charge in [0.05, 0.1) is 6.10 Å². The van der Waals surface area contributed by atoms with Crippen molar-refractivity contribution in [2.24, 2.45) is 0 Å². The smallest absolute Gasteiger partial charge is 0.108 e. The Balaban J connectivity index is 2.13. The topological polar surface area (TPSA) is 9.23 Å². The van der Waals surface area contributed by atoms with Crippen LogP contribution < -0.4 is 0 Å². The van der Waals surface area contributed by atoms with Crippen molar-refractivity contribution < 1.29 is 4.74 Å². The molecule has 1 atom stereocenters. The predicted molar refractivity (Wildman–Crippen MR) is 43.2 cm³/mol. The highest BCUT2D eigenvalue weighted by Gasteiger charge is 2.13. The van der Waals surface area contributed by atoms with E-state index >= 15 is 0 Å². The summed E-state index contributed by atoms with van der Waals surface area (Å²) in [4.78, 5) is 0. The number of rotatable bonds is 2. The number of ether oxygens (including phenoxy) is 1. The Morgan fingerprint density at radius 3 is 2.40 bits per heavy atom. The molecule has 0 bridgehead atoms. The lowest BCUT2D eigenvalue weighted by molar-refractivity contribution is 0.0162. The summed E-state index contributed by atoms with van der Waals surface area (Å²) in [6.07, 6.45) is 6.88. The predicted octanol–water partition coefficient (Wildman–Crippen LogP) is 1.85. The normalized spacial score (nSPS) is 24.5. The molecule has 0 N–H and O–H groups in total. The molecule has 1 fully saturated rings. The van der Waals surface area contributed by atoms with Gasteiger partial charge < -0.3 is 4.74 Å². The van der Waals surface area contributed by atoms with Crippen molar-refractivity contribution in [1.29, 1.82) is 0 Å². The fourth-order valence-corrected chi connectivity index (χ4v) is 1.50. The van der Waals surface area contributed by atoms with E-state index in [9.17, 15) is 0 Å². The molecule has 0 saturated heterocycles. The average Bonchev–Trinajstić information content (AvgIpc) is 1.88. The van der Waals surface area contributed by atoms with E-state index in [2.05, 4.69) is 0 Å². The summed E-state index contributed by atoms with van der Waals surface area (Å²) in [6, 6.07) is -0.0805. The lowest BCUT2D eigenvalue weighted by Gasteiger charge is -2.24. The van der Waals surface area contributed by atoms with Gasteiger partial charge in [-0.05, 0) is 19.8 Å². The summed E-state index contributed by atoms with van der Waals surface area (Å²) >= 11 is 0. The number of hydrogen-bond acceptors (Lipinski definition) is 1. The van der Waals surface area contributed by atoms with Gasteiger partial charge >= 0.3 is 0 Å². The Bertz CT molecular complexity index is 87.3. The molecule has 0 heterocycles. The molecule has 0 aromatic carbocycles. The lowest BCUT2D eigenvalue weighted by atomic mass is 9.96. The van der Waals surface area contributed by atoms with Gasteiger partial charge in [-0.15, -0.1) is 0 Å². The van der Waals surface area contributed by atoms with Gasteiger partial charge in [-0.25, -0.2) is 0 Å². The SMILES string of the molecule is [B]C(C)OC1CCCCC1. The van der Waals surface area contributed by atoms with Gasteiger partial charge in [0.2, 0.25) is 0 Å². The molecular formula is C8H15BO. The zero-order chi connectivity index (χ0) is 7.40. The molecule has 0 amide bonds. The standard InChI is InChI=1S/C8H15BO/c1-7(9)10-8-5-3-2-4-6-8/h7-8H,2-6H2,1H3. The third kappa shape index (κ3) is 2.74. The third-order valence-corrected chi connectivity index (χ3v) is 1.96. The lowest BCUT2D eigenvalue weighted by Crippen LogP contribution is -2.22. The maximum atomic E-state index is 5.50. The van der Waals surface area contributed by atoms with Crippen molar-refractivity contribution in [3.8, 4) is 0 Å². The van der Waals surface area contributed by atoms with Crippen LogP contribution in [0.5, 0.6) is 0 Å². The minimum Gasteiger partial charge on any atom is -0.385 e. The number of hydrogen-bond donors (Lipinski definition) is 0. The fraction of sp³-hybridized carbons (Fsp3) is 1.00. The van der Waals surface area contributed by atoms with Crippen molar-refractivity contribution in [3.05, 3.63) is 0 Å². The molecule has 56 valence electrons. The first kappa shape index (κ1) is 8.12. The zero-order valence-electron chi connectivity index (χ0n) is 6.68. The second-order valence-corrected chi connectivity index (χ2v) is 3.10. The van der Waals surface area contributed by atoms with Crippen LogP contribution in [0.1, 0.15) is 39.0 Å². The van der Waals surface area contributed by atoms with Crippen LogP contribution in [0.25, 0.3) is 0 Å². The minimum absolute atomic E-state index is 0.0805. The van der Waals surface area contributed by atoms with E-state index in [1.807, 2.05) is 6.92 Å². The Morgan fingerprint density at radius 1 is 1.30 bits per heavy atom. The van der Waals surface area contributed by atoms with E-state index in [-0.39, 0.29) is 6.00 Å². The highest BCUT2D eigenvalue weighted by atomic mass is 16.5. The van der Waals surface area contributed by atoms with Crippen LogP contribution in [0.15, 0.2) is 0 Å². The van der Waals surface area contributed by atoms with Crippen LogP contribution >= 0.6 is 0 Å². The summed E-state index contributed by atoms with van der Waals surface area (Å²) < 4.78 is 5.47. The maximum Gasteiger partial charge on any atom is 0.108 e. The Labute approximate surface area is 64.6 Å². The van der Waals surface area contributed by atoms with Crippen molar-refractivity contribution in [1.82, 2.24) is 0 Å². The van der Waals surface area contributed by atoms with Crippen LogP contribution in [0, 0.1) is 0 Å². The first-order valence-corrected chi connectivity index (χ1v) is 4.20. The van der Waals surface area contributed by atoms with Crippen LogP contribution in [-0.2, 0) is 4.74 Å². The highest BCUT2D eigenvalue weighted by Crippen LogP contribution is 2.20. The van der Waals surface area contributed by atoms with Crippen molar-refractivity contribution >= 4 is 7.85 Å². The van der Waals surface area contributed by atoms with Crippen LogP contribution in [0.4, 0.5) is 0 Å². The summed E-state index contributed by atoms with van der Waals surface area (Å²) in [7, 11) is 5.50. The van der Waals surface area contributed by atoms with Crippen molar-refractivity contribution in [2.45, 2.75) is 51.1 Å². The third-order valence-electron chi connectivity index (χ3n) is 1.96. The molecule has 0 aromatic rings. The van der Waals surface area contributed by atoms with Crippen LogP contribution in [0.2, 0.25) is 0 Å². The average molecular weight is 138 g/mol. The summed E-state index contributed by atoms with van der Waals surface area (Å²) in [6.45, 7) is 1.90. The largest absolute Gasteiger partial charge is 0.385 e. The molecule has 1 nitrogen and oxygen atoms in total. The van der Waals surface area contributed by atoms with Gasteiger partial charge in [-0.1, -0.05) is 19.3 Å². The monoisotopic (exact) mass is 138 g/mol. The van der Waals surface area contributed by atoms with Crippen LogP contribution in [-0.4, -0.2) is 20.0 Å². The first-order valence-electron chi connectivity index (χ1n) is 4.20. The Kier molecular flexibility index (Phi) is 3.27. The van der Waals surface area contributed by atoms with Crippen molar-refractivity contribution in [2.75, 3.05) is 0 Å². The molecule has 1 unspecified atom stereocenters. The molecule has 1 aliphatic carbocycles. The maximum absolute atomic E-state index is 5.50. The van der Waals surface area contributed by atoms with Gasteiger partial charge in [0.15, 0.2) is 0 Å². The van der Waals surface area contributed by atoms with E-state index in [4.69, 9.17) is 12.6 Å². The molecule has 1 saturated carbocycles. The minimum atomic E-state index is -0.0805. The molecule has 1 rings (SSSR count). The van der Waals surface area contributed by atoms with Gasteiger partial charge in [-0.3, -0.25) is 0 Å². The second kappa shape index (κ2) is 4.02. The Hall–Kier alpha value is 0.0249. The summed E-state index contributed by atoms with van der Waals surface area (Å²) in [5.41, 5.74) is 0. The quantitative estimate of drug-likeness (QED) is 0.529. The fourth-order valence-electron chi connectivity index (χ4n) is 1.50. The molecule has 2 heteroatoms. The molecule has 1 aliphatic rings.